The van der Waals surface area contributed by atoms with Gasteiger partial charge in [-0.3, -0.25) is 4.79 Å². The lowest BCUT2D eigenvalue weighted by atomic mass is 10.1. The Bertz CT molecular complexity index is 1300. The largest absolute Gasteiger partial charge is 0.494 e. The lowest BCUT2D eigenvalue weighted by molar-refractivity contribution is 0.0951. The predicted molar refractivity (Wildman–Crippen MR) is 141 cm³/mol. The van der Waals surface area contributed by atoms with Gasteiger partial charge < -0.3 is 19.9 Å². The molecule has 0 saturated carbocycles. The van der Waals surface area contributed by atoms with E-state index in [-0.39, 0.29) is 5.91 Å². The number of ether oxygens (including phenoxy) is 1. The number of carbonyl (C=O) groups is 1. The van der Waals surface area contributed by atoms with Crippen LogP contribution < -0.4 is 19.9 Å². The van der Waals surface area contributed by atoms with Crippen molar-refractivity contribution in [1.29, 1.82) is 0 Å². The van der Waals surface area contributed by atoms with Crippen LogP contribution in [0, 0.1) is 0 Å². The molecule has 2 heterocycles. The average Bonchev–Trinajstić information content (AvgIpc) is 2.92. The molecule has 5 rings (SSSR count). The molecular weight excluding hydrogens is 436 g/mol. The lowest BCUT2D eigenvalue weighted by Gasteiger charge is -2.37. The molecule has 6 heteroatoms. The summed E-state index contributed by atoms with van der Waals surface area (Å²) in [7, 11) is 0. The van der Waals surface area contributed by atoms with Crippen molar-refractivity contribution in [3.63, 3.8) is 0 Å². The van der Waals surface area contributed by atoms with E-state index < -0.39 is 0 Å². The number of pyridine rings is 1. The van der Waals surface area contributed by atoms with Crippen molar-refractivity contribution >= 4 is 28.2 Å². The standard InChI is InChI=1S/C29H30N4O2/c1-2-35-27-11-7-6-8-24(27)21-31-29(34)23-13-12-22-14-15-30-28(26(22)20-23)33-18-16-32(17-19-33)25-9-4-3-5-10-25/h3-15,20H,2,16-19,21H2,1H3,(H,31,34). The molecular formula is C29H30N4O2. The highest BCUT2D eigenvalue weighted by atomic mass is 16.5. The van der Waals surface area contributed by atoms with Gasteiger partial charge in [0.15, 0.2) is 0 Å². The predicted octanol–water partition coefficient (Wildman–Crippen LogP) is 4.89. The van der Waals surface area contributed by atoms with Gasteiger partial charge in [-0.25, -0.2) is 4.98 Å². The Kier molecular flexibility index (Phi) is 6.80. The van der Waals surface area contributed by atoms with Crippen LogP contribution in [0.15, 0.2) is 85.1 Å². The minimum absolute atomic E-state index is 0.109. The summed E-state index contributed by atoms with van der Waals surface area (Å²) >= 11 is 0. The van der Waals surface area contributed by atoms with Crippen molar-refractivity contribution in [2.24, 2.45) is 0 Å². The normalized spacial score (nSPS) is 13.6. The topological polar surface area (TPSA) is 57.7 Å². The minimum atomic E-state index is -0.109. The van der Waals surface area contributed by atoms with Crippen LogP contribution in [0.1, 0.15) is 22.8 Å². The van der Waals surface area contributed by atoms with E-state index >= 15 is 0 Å². The SMILES string of the molecule is CCOc1ccccc1CNC(=O)c1ccc2ccnc(N3CCN(c4ccccc4)CC3)c2c1. The molecule has 0 bridgehead atoms. The van der Waals surface area contributed by atoms with E-state index in [0.717, 1.165) is 54.1 Å². The molecule has 4 aromatic rings. The first-order chi connectivity index (χ1) is 17.2. The van der Waals surface area contributed by atoms with Crippen LogP contribution in [0.2, 0.25) is 0 Å². The fraction of sp³-hybridized carbons (Fsp3) is 0.241. The smallest absolute Gasteiger partial charge is 0.251 e. The quantitative estimate of drug-likeness (QED) is 0.420. The van der Waals surface area contributed by atoms with Crippen molar-refractivity contribution < 1.29 is 9.53 Å². The Morgan fingerprint density at radius 3 is 2.46 bits per heavy atom. The number of fused-ring (bicyclic) bond motifs is 1. The number of aromatic nitrogens is 1. The molecule has 1 fully saturated rings. The number of rotatable bonds is 7. The summed E-state index contributed by atoms with van der Waals surface area (Å²) in [5.41, 5.74) is 2.84. The number of nitrogens with zero attached hydrogens (tertiary/aromatic N) is 3. The molecule has 1 aliphatic rings. The van der Waals surface area contributed by atoms with Crippen molar-refractivity contribution in [1.82, 2.24) is 10.3 Å². The maximum absolute atomic E-state index is 13.0. The molecule has 6 nitrogen and oxygen atoms in total. The third kappa shape index (κ3) is 5.06. The molecule has 0 spiro atoms. The number of hydrogen-bond donors (Lipinski definition) is 1. The number of para-hydroxylation sites is 2. The van der Waals surface area contributed by atoms with Crippen LogP contribution in [0.4, 0.5) is 11.5 Å². The van der Waals surface area contributed by atoms with Gasteiger partial charge >= 0.3 is 0 Å². The Hall–Kier alpha value is -4.06. The summed E-state index contributed by atoms with van der Waals surface area (Å²) in [5.74, 6) is 1.63. The van der Waals surface area contributed by atoms with Crippen LogP contribution in [0.5, 0.6) is 5.75 Å². The van der Waals surface area contributed by atoms with Gasteiger partial charge in [-0.2, -0.15) is 0 Å². The number of carbonyl (C=O) groups excluding carboxylic acids is 1. The highest BCUT2D eigenvalue weighted by Crippen LogP contribution is 2.27. The van der Waals surface area contributed by atoms with E-state index in [1.54, 1.807) is 0 Å². The van der Waals surface area contributed by atoms with Gasteiger partial charge in [-0.05, 0) is 48.7 Å². The number of piperazine rings is 1. The van der Waals surface area contributed by atoms with E-state index in [9.17, 15) is 4.79 Å². The van der Waals surface area contributed by atoms with Gasteiger partial charge in [0.25, 0.3) is 5.91 Å². The second kappa shape index (κ2) is 10.5. The van der Waals surface area contributed by atoms with Gasteiger partial charge in [0.1, 0.15) is 11.6 Å². The zero-order chi connectivity index (χ0) is 24.0. The highest BCUT2D eigenvalue weighted by Gasteiger charge is 2.20. The first-order valence-corrected chi connectivity index (χ1v) is 12.2. The molecule has 35 heavy (non-hydrogen) atoms. The molecule has 0 radical (unpaired) electrons. The molecule has 3 aromatic carbocycles. The van der Waals surface area contributed by atoms with Gasteiger partial charge in [0.2, 0.25) is 0 Å². The first kappa shape index (κ1) is 22.7. The monoisotopic (exact) mass is 466 g/mol. The first-order valence-electron chi connectivity index (χ1n) is 12.2. The summed E-state index contributed by atoms with van der Waals surface area (Å²) in [4.78, 5) is 22.5. The maximum atomic E-state index is 13.0. The second-order valence-corrected chi connectivity index (χ2v) is 8.60. The van der Waals surface area contributed by atoms with Crippen LogP contribution >= 0.6 is 0 Å². The molecule has 0 unspecified atom stereocenters. The molecule has 1 N–H and O–H groups in total. The second-order valence-electron chi connectivity index (χ2n) is 8.60. The summed E-state index contributed by atoms with van der Waals surface area (Å²) in [6, 6.07) is 26.2. The number of nitrogens with one attached hydrogen (secondary N) is 1. The van der Waals surface area contributed by atoms with Gasteiger partial charge in [-0.1, -0.05) is 42.5 Å². The molecule has 1 amide bonds. The van der Waals surface area contributed by atoms with Gasteiger partial charge in [-0.15, -0.1) is 0 Å². The molecule has 1 aromatic heterocycles. The summed E-state index contributed by atoms with van der Waals surface area (Å²) < 4.78 is 5.68. The summed E-state index contributed by atoms with van der Waals surface area (Å²) in [6.07, 6.45) is 1.85. The zero-order valence-electron chi connectivity index (χ0n) is 20.0. The fourth-order valence-electron chi connectivity index (χ4n) is 4.59. The van der Waals surface area contributed by atoms with Crippen molar-refractivity contribution in [2.75, 3.05) is 42.6 Å². The van der Waals surface area contributed by atoms with Crippen molar-refractivity contribution in [3.8, 4) is 5.75 Å². The lowest BCUT2D eigenvalue weighted by Crippen LogP contribution is -2.46. The van der Waals surface area contributed by atoms with Gasteiger partial charge in [0, 0.05) is 61.1 Å². The number of anilines is 2. The number of amides is 1. The van der Waals surface area contributed by atoms with Crippen LogP contribution in [-0.2, 0) is 6.54 Å². The highest BCUT2D eigenvalue weighted by molar-refractivity contribution is 6.01. The van der Waals surface area contributed by atoms with Crippen molar-refractivity contribution in [2.45, 2.75) is 13.5 Å². The minimum Gasteiger partial charge on any atom is -0.494 e. The Morgan fingerprint density at radius 1 is 0.914 bits per heavy atom. The third-order valence-corrected chi connectivity index (χ3v) is 6.42. The number of hydrogen-bond acceptors (Lipinski definition) is 5. The van der Waals surface area contributed by atoms with E-state index in [2.05, 4.69) is 39.4 Å². The van der Waals surface area contributed by atoms with Crippen LogP contribution in [0.3, 0.4) is 0 Å². The molecule has 178 valence electrons. The molecule has 0 atom stereocenters. The maximum Gasteiger partial charge on any atom is 0.251 e. The Morgan fingerprint density at radius 2 is 1.66 bits per heavy atom. The van der Waals surface area contributed by atoms with E-state index in [4.69, 9.17) is 9.72 Å². The summed E-state index contributed by atoms with van der Waals surface area (Å²) in [6.45, 7) is 6.58. The Balaban J connectivity index is 1.32. The van der Waals surface area contributed by atoms with Crippen LogP contribution in [-0.4, -0.2) is 43.7 Å². The van der Waals surface area contributed by atoms with E-state index in [1.807, 2.05) is 67.7 Å². The zero-order valence-corrected chi connectivity index (χ0v) is 20.0. The Labute approximate surface area is 206 Å². The molecule has 1 saturated heterocycles. The van der Waals surface area contributed by atoms with Crippen molar-refractivity contribution in [3.05, 3.63) is 96.2 Å². The summed E-state index contributed by atoms with van der Waals surface area (Å²) in [5, 5.41) is 5.13. The molecule has 0 aliphatic carbocycles. The van der Waals surface area contributed by atoms with Gasteiger partial charge in [0.05, 0.1) is 6.61 Å². The average molecular weight is 467 g/mol. The molecule has 1 aliphatic heterocycles. The fourth-order valence-corrected chi connectivity index (χ4v) is 4.59. The number of benzene rings is 3. The van der Waals surface area contributed by atoms with E-state index in [0.29, 0.717) is 18.7 Å². The van der Waals surface area contributed by atoms with E-state index in [1.165, 1.54) is 5.69 Å². The third-order valence-electron chi connectivity index (χ3n) is 6.42. The van der Waals surface area contributed by atoms with Crippen LogP contribution in [0.25, 0.3) is 10.8 Å².